The summed E-state index contributed by atoms with van der Waals surface area (Å²) in [4.78, 5) is 43.4. The average Bonchev–Trinajstić information content (AvgIpc) is 2.82. The van der Waals surface area contributed by atoms with Crippen LogP contribution in [0.4, 0.5) is 0 Å². The van der Waals surface area contributed by atoms with Gasteiger partial charge >= 0.3 is 5.97 Å². The third-order valence-corrected chi connectivity index (χ3v) is 9.24. The molecule has 0 aromatic carbocycles. The molecule has 4 aliphatic rings. The van der Waals surface area contributed by atoms with Gasteiger partial charge in [0.1, 0.15) is 22.0 Å². The van der Waals surface area contributed by atoms with E-state index in [1.165, 1.54) is 17.9 Å². The molecular weight excluding hydrogens is 470 g/mol. The first-order chi connectivity index (χ1) is 14.9. The number of hydrogen-bond donors (Lipinski definition) is 3. The van der Waals surface area contributed by atoms with E-state index in [4.69, 9.17) is 16.4 Å². The van der Waals surface area contributed by atoms with Gasteiger partial charge in [0.2, 0.25) is 5.91 Å². The number of aliphatic hydroxyl groups is 2. The normalized spacial score (nSPS) is 34.2. The fourth-order valence-corrected chi connectivity index (χ4v) is 6.65. The van der Waals surface area contributed by atoms with Crippen molar-refractivity contribution in [1.82, 2.24) is 9.80 Å². The van der Waals surface area contributed by atoms with Crippen LogP contribution in [-0.4, -0.2) is 99.0 Å². The van der Waals surface area contributed by atoms with Gasteiger partial charge in [-0.1, -0.05) is 22.8 Å². The van der Waals surface area contributed by atoms with Crippen molar-refractivity contribution < 1.29 is 43.0 Å². The number of nitrogens with zero attached hydrogens (tertiary/aromatic N) is 3. The lowest BCUT2D eigenvalue weighted by Crippen LogP contribution is -2.57. The Morgan fingerprint density at radius 3 is 2.62 bits per heavy atom. The van der Waals surface area contributed by atoms with Crippen LogP contribution in [0, 0.1) is 0 Å². The van der Waals surface area contributed by atoms with Crippen molar-refractivity contribution in [3.8, 4) is 0 Å². The number of carbonyl (C=O) groups is 3. The van der Waals surface area contributed by atoms with Gasteiger partial charge < -0.3 is 30.0 Å². The second-order valence-electron chi connectivity index (χ2n) is 8.17. The zero-order valence-corrected chi connectivity index (χ0v) is 18.3. The molecule has 3 fully saturated rings. The Hall–Kier alpha value is -2.64. The number of hydrogen-bond acceptors (Lipinski definition) is 9. The first-order valence-electron chi connectivity index (χ1n) is 9.64. The van der Waals surface area contributed by atoms with Crippen LogP contribution in [0.2, 0.25) is 0 Å². The van der Waals surface area contributed by atoms with Crippen molar-refractivity contribution in [2.24, 2.45) is 5.16 Å². The van der Waals surface area contributed by atoms with Gasteiger partial charge in [-0.3, -0.25) is 9.59 Å². The SMILES string of the molecule is C[C@]1(/C=N/OC2CN(C(=O)C3=CCC(O)C(O)=C3Cl)C2)[C@H](C(=O)O)N2C(=O)C[C@H]2S1(=O)=O. The fourth-order valence-electron chi connectivity index (χ4n) is 4.16. The summed E-state index contributed by atoms with van der Waals surface area (Å²) in [7, 11) is -4.04. The molecule has 3 saturated heterocycles. The van der Waals surface area contributed by atoms with Crippen molar-refractivity contribution in [3.05, 3.63) is 22.4 Å². The number of oxime groups is 1. The number of rotatable bonds is 5. The second kappa shape index (κ2) is 7.46. The van der Waals surface area contributed by atoms with Crippen LogP contribution in [0.1, 0.15) is 19.8 Å². The summed E-state index contributed by atoms with van der Waals surface area (Å²) in [5, 5.41) is 31.0. The first-order valence-corrected chi connectivity index (χ1v) is 11.6. The van der Waals surface area contributed by atoms with Crippen molar-refractivity contribution in [2.45, 2.75) is 48.1 Å². The zero-order valence-electron chi connectivity index (χ0n) is 16.7. The molecule has 3 N–H and O–H groups in total. The number of aliphatic hydroxyl groups excluding tert-OH is 2. The van der Waals surface area contributed by atoms with E-state index in [-0.39, 0.29) is 36.5 Å². The maximum Gasteiger partial charge on any atom is 0.328 e. The van der Waals surface area contributed by atoms with Gasteiger partial charge in [0.25, 0.3) is 5.91 Å². The van der Waals surface area contributed by atoms with Crippen LogP contribution in [0.15, 0.2) is 27.6 Å². The quantitative estimate of drug-likeness (QED) is 0.251. The van der Waals surface area contributed by atoms with Gasteiger partial charge in [-0.05, 0) is 13.3 Å². The summed E-state index contributed by atoms with van der Waals surface area (Å²) in [6.45, 7) is 1.38. The smallest absolute Gasteiger partial charge is 0.328 e. The molecule has 4 rings (SSSR count). The minimum Gasteiger partial charge on any atom is -0.508 e. The van der Waals surface area contributed by atoms with Crippen LogP contribution in [0.5, 0.6) is 0 Å². The third kappa shape index (κ3) is 3.10. The van der Waals surface area contributed by atoms with E-state index in [0.717, 1.165) is 11.1 Å². The topological polar surface area (TPSA) is 174 Å². The highest BCUT2D eigenvalue weighted by atomic mass is 35.5. The van der Waals surface area contributed by atoms with Gasteiger partial charge in [-0.15, -0.1) is 0 Å². The molecule has 0 aromatic heterocycles. The summed E-state index contributed by atoms with van der Waals surface area (Å²) in [5.41, 5.74) is 0.0551. The number of carboxylic acids is 1. The molecule has 14 heteroatoms. The molecule has 32 heavy (non-hydrogen) atoms. The number of sulfone groups is 1. The van der Waals surface area contributed by atoms with Crippen LogP contribution in [0.3, 0.4) is 0 Å². The molecule has 0 radical (unpaired) electrons. The van der Waals surface area contributed by atoms with E-state index in [0.29, 0.717) is 0 Å². The minimum atomic E-state index is -4.04. The Morgan fingerprint density at radius 2 is 2.03 bits per heavy atom. The average molecular weight is 490 g/mol. The first kappa shape index (κ1) is 22.6. The number of carboxylic acid groups (broad SMARTS) is 1. The summed E-state index contributed by atoms with van der Waals surface area (Å²) in [6, 6.07) is -1.61. The number of carbonyl (C=O) groups excluding carboxylic acids is 2. The zero-order chi connectivity index (χ0) is 23.6. The summed E-state index contributed by atoms with van der Waals surface area (Å²) in [5.74, 6) is -2.97. The van der Waals surface area contributed by atoms with Gasteiger partial charge in [0.15, 0.2) is 22.0 Å². The van der Waals surface area contributed by atoms with Gasteiger partial charge in [0.05, 0.1) is 36.3 Å². The maximum atomic E-state index is 12.8. The van der Waals surface area contributed by atoms with Crippen molar-refractivity contribution in [2.75, 3.05) is 13.1 Å². The lowest BCUT2D eigenvalue weighted by Gasteiger charge is -2.38. The van der Waals surface area contributed by atoms with E-state index in [2.05, 4.69) is 5.16 Å². The number of aliphatic carboxylic acids is 1. The van der Waals surface area contributed by atoms with Crippen molar-refractivity contribution in [1.29, 1.82) is 0 Å². The Kier molecular flexibility index (Phi) is 5.25. The lowest BCUT2D eigenvalue weighted by atomic mass is 9.98. The Labute approximate surface area is 187 Å². The molecule has 1 unspecified atom stereocenters. The molecule has 0 bridgehead atoms. The molecule has 0 aromatic rings. The highest BCUT2D eigenvalue weighted by Gasteiger charge is 2.69. The van der Waals surface area contributed by atoms with E-state index in [9.17, 15) is 38.1 Å². The Morgan fingerprint density at radius 1 is 1.38 bits per heavy atom. The molecule has 2 amide bonds. The molecular formula is C18H20ClN3O9S. The predicted octanol–water partition coefficient (Wildman–Crippen LogP) is -0.902. The summed E-state index contributed by atoms with van der Waals surface area (Å²) < 4.78 is 23.6. The Bertz CT molecular complexity index is 1090. The number of amides is 2. The van der Waals surface area contributed by atoms with Gasteiger partial charge in [-0.25, -0.2) is 13.2 Å². The molecule has 174 valence electrons. The standard InChI is InChI=1S/C18H20ClN3O9S/c1-18(15(17(27)28)22-11(24)4-12(22)32(18,29)30)7-20-31-8-5-21(6-8)16(26)9-2-3-10(23)14(25)13(9)19/h2,7-8,10,12,15,23,25H,3-6H2,1H3,(H,27,28)/b20-7+/t10?,12-,15+,18+/m1/s1. The molecule has 1 aliphatic carbocycles. The van der Waals surface area contributed by atoms with Crippen LogP contribution in [-0.2, 0) is 29.1 Å². The summed E-state index contributed by atoms with van der Waals surface area (Å²) in [6.07, 6.45) is 0.348. The highest BCUT2D eigenvalue weighted by Crippen LogP contribution is 2.45. The van der Waals surface area contributed by atoms with Crippen molar-refractivity contribution in [3.63, 3.8) is 0 Å². The predicted molar refractivity (Wildman–Crippen MR) is 108 cm³/mol. The molecule has 12 nitrogen and oxygen atoms in total. The molecule has 3 aliphatic heterocycles. The van der Waals surface area contributed by atoms with Crippen LogP contribution < -0.4 is 0 Å². The number of likely N-dealkylation sites (tertiary alicyclic amines) is 1. The van der Waals surface area contributed by atoms with E-state index in [1.54, 1.807) is 0 Å². The highest BCUT2D eigenvalue weighted by molar-refractivity contribution is 7.94. The fraction of sp³-hybridized carbons (Fsp3) is 0.556. The van der Waals surface area contributed by atoms with Gasteiger partial charge in [0, 0.05) is 0 Å². The maximum absolute atomic E-state index is 12.8. The van der Waals surface area contributed by atoms with Crippen LogP contribution in [0.25, 0.3) is 0 Å². The molecule has 0 saturated carbocycles. The second-order valence-corrected chi connectivity index (χ2v) is 11.1. The van der Waals surface area contributed by atoms with Crippen LogP contribution >= 0.6 is 11.6 Å². The van der Waals surface area contributed by atoms with Crippen molar-refractivity contribution >= 4 is 45.4 Å². The Balaban J connectivity index is 1.39. The molecule has 3 heterocycles. The third-order valence-electron chi connectivity index (χ3n) is 6.18. The van der Waals surface area contributed by atoms with E-state index < -0.39 is 61.8 Å². The largest absolute Gasteiger partial charge is 0.508 e. The minimum absolute atomic E-state index is 0.0412. The number of β-lactam (4-membered cyclic amide) rings is 1. The summed E-state index contributed by atoms with van der Waals surface area (Å²) >= 11 is 5.93. The number of fused-ring (bicyclic) bond motifs is 1. The number of halogens is 1. The molecule has 0 spiro atoms. The van der Waals surface area contributed by atoms with E-state index >= 15 is 0 Å². The molecule has 4 atom stereocenters. The lowest BCUT2D eigenvalue weighted by molar-refractivity contribution is -0.156. The van der Waals surface area contributed by atoms with Gasteiger partial charge in [-0.2, -0.15) is 0 Å². The van der Waals surface area contributed by atoms with E-state index in [1.807, 2.05) is 0 Å². The monoisotopic (exact) mass is 489 g/mol.